The predicted molar refractivity (Wildman–Crippen MR) is 135 cm³/mol. The maximum Gasteiger partial charge on any atom is 0.306 e. The average Bonchev–Trinajstić information content (AvgIpc) is 3.61. The van der Waals surface area contributed by atoms with Crippen molar-refractivity contribution in [2.45, 2.75) is 45.8 Å². The SMILES string of the molecule is CC(C)(C)OC(=O)CC1CCN(c2nc(-c3cc(-c4ccon4)n(Cc4ccccc4F)n3)ncc2F)C1. The van der Waals surface area contributed by atoms with Gasteiger partial charge in [0.1, 0.15) is 29.1 Å². The summed E-state index contributed by atoms with van der Waals surface area (Å²) >= 11 is 0. The molecule has 1 saturated heterocycles. The Morgan fingerprint density at radius 2 is 1.97 bits per heavy atom. The van der Waals surface area contributed by atoms with Gasteiger partial charge in [0.15, 0.2) is 17.5 Å². The highest BCUT2D eigenvalue weighted by Gasteiger charge is 2.30. The summed E-state index contributed by atoms with van der Waals surface area (Å²) < 4.78 is 41.2. The maximum atomic E-state index is 14.8. The molecule has 0 bridgehead atoms. The van der Waals surface area contributed by atoms with E-state index in [1.807, 2.05) is 25.7 Å². The molecule has 198 valence electrons. The first-order valence-corrected chi connectivity index (χ1v) is 12.4. The van der Waals surface area contributed by atoms with Gasteiger partial charge in [-0.2, -0.15) is 5.10 Å². The molecule has 3 aromatic heterocycles. The molecule has 1 fully saturated rings. The Bertz CT molecular complexity index is 1430. The molecular formula is C27H28F2N6O3. The van der Waals surface area contributed by atoms with Crippen LogP contribution >= 0.6 is 0 Å². The zero-order chi connectivity index (χ0) is 26.9. The summed E-state index contributed by atoms with van der Waals surface area (Å²) in [6.07, 6.45) is 3.52. The van der Waals surface area contributed by atoms with E-state index >= 15 is 0 Å². The van der Waals surface area contributed by atoms with Crippen LogP contribution in [-0.4, -0.2) is 49.6 Å². The smallest absolute Gasteiger partial charge is 0.306 e. The zero-order valence-electron chi connectivity index (χ0n) is 21.4. The molecule has 1 atom stereocenters. The van der Waals surface area contributed by atoms with Crippen molar-refractivity contribution in [2.75, 3.05) is 18.0 Å². The molecule has 0 N–H and O–H groups in total. The van der Waals surface area contributed by atoms with Gasteiger partial charge in [0.05, 0.1) is 24.9 Å². The molecule has 0 amide bonds. The molecule has 5 rings (SSSR count). The number of halogens is 2. The molecule has 1 aliphatic heterocycles. The predicted octanol–water partition coefficient (Wildman–Crippen LogP) is 4.88. The number of hydrogen-bond donors (Lipinski definition) is 0. The molecule has 0 spiro atoms. The second kappa shape index (κ2) is 10.3. The Morgan fingerprint density at radius 1 is 1.16 bits per heavy atom. The van der Waals surface area contributed by atoms with Gasteiger partial charge in [0, 0.05) is 24.7 Å². The molecule has 1 unspecified atom stereocenters. The average molecular weight is 523 g/mol. The first-order valence-electron chi connectivity index (χ1n) is 12.4. The molecule has 0 saturated carbocycles. The minimum Gasteiger partial charge on any atom is -0.460 e. The van der Waals surface area contributed by atoms with E-state index in [9.17, 15) is 13.6 Å². The highest BCUT2D eigenvalue weighted by molar-refractivity contribution is 5.70. The van der Waals surface area contributed by atoms with Gasteiger partial charge < -0.3 is 14.2 Å². The highest BCUT2D eigenvalue weighted by Crippen LogP contribution is 2.30. The van der Waals surface area contributed by atoms with Crippen molar-refractivity contribution in [1.82, 2.24) is 24.9 Å². The van der Waals surface area contributed by atoms with Crippen molar-refractivity contribution in [3.05, 3.63) is 66.1 Å². The fourth-order valence-electron chi connectivity index (χ4n) is 4.50. The Kier molecular flexibility index (Phi) is 6.92. The van der Waals surface area contributed by atoms with Gasteiger partial charge in [0.2, 0.25) is 0 Å². The summed E-state index contributed by atoms with van der Waals surface area (Å²) in [6, 6.07) is 9.82. The van der Waals surface area contributed by atoms with E-state index in [1.165, 1.54) is 12.3 Å². The molecule has 38 heavy (non-hydrogen) atoms. The number of ether oxygens (including phenoxy) is 1. The van der Waals surface area contributed by atoms with Crippen LogP contribution in [0, 0.1) is 17.6 Å². The van der Waals surface area contributed by atoms with E-state index in [1.54, 1.807) is 35.0 Å². The fourth-order valence-corrected chi connectivity index (χ4v) is 4.50. The highest BCUT2D eigenvalue weighted by atomic mass is 19.1. The van der Waals surface area contributed by atoms with Crippen LogP contribution in [0.2, 0.25) is 0 Å². The van der Waals surface area contributed by atoms with Gasteiger partial charge in [0.25, 0.3) is 0 Å². The van der Waals surface area contributed by atoms with Crippen molar-refractivity contribution >= 4 is 11.8 Å². The van der Waals surface area contributed by atoms with Crippen LogP contribution in [0.1, 0.15) is 39.2 Å². The lowest BCUT2D eigenvalue weighted by molar-refractivity contribution is -0.155. The molecule has 9 nitrogen and oxygen atoms in total. The third-order valence-electron chi connectivity index (χ3n) is 6.17. The second-order valence-corrected chi connectivity index (χ2v) is 10.3. The summed E-state index contributed by atoms with van der Waals surface area (Å²) in [5.74, 6) is -0.794. The van der Waals surface area contributed by atoms with Gasteiger partial charge in [-0.3, -0.25) is 9.48 Å². The standard InChI is InChI=1S/C27H28F2N6O3/c1-27(2,3)38-24(36)12-17-8-10-34(15-17)26-20(29)14-30-25(31-26)22-13-23(21-9-11-37-33-21)35(32-22)16-18-6-4-5-7-19(18)28/h4-7,9,11,13-14,17H,8,10,12,15-16H2,1-3H3. The lowest BCUT2D eigenvalue weighted by Gasteiger charge is -2.21. The fraction of sp³-hybridized carbons (Fsp3) is 0.370. The van der Waals surface area contributed by atoms with E-state index in [2.05, 4.69) is 20.2 Å². The summed E-state index contributed by atoms with van der Waals surface area (Å²) in [7, 11) is 0. The number of esters is 1. The number of rotatable bonds is 7. The first-order chi connectivity index (χ1) is 18.2. The summed E-state index contributed by atoms with van der Waals surface area (Å²) in [5, 5.41) is 8.59. The molecule has 0 radical (unpaired) electrons. The van der Waals surface area contributed by atoms with Crippen molar-refractivity contribution in [2.24, 2.45) is 5.92 Å². The van der Waals surface area contributed by atoms with Crippen LogP contribution in [0.15, 0.2) is 53.4 Å². The normalized spacial score (nSPS) is 15.7. The molecule has 11 heteroatoms. The number of carbonyl (C=O) groups excluding carboxylic acids is 1. The summed E-state index contributed by atoms with van der Waals surface area (Å²) in [5.41, 5.74) is 1.35. The quantitative estimate of drug-likeness (QED) is 0.317. The Labute approximate surface area is 218 Å². The number of nitrogens with zero attached hydrogens (tertiary/aromatic N) is 6. The zero-order valence-corrected chi connectivity index (χ0v) is 21.4. The third-order valence-corrected chi connectivity index (χ3v) is 6.17. The van der Waals surface area contributed by atoms with Gasteiger partial charge in [-0.1, -0.05) is 23.4 Å². The van der Waals surface area contributed by atoms with Gasteiger partial charge in [-0.25, -0.2) is 18.7 Å². The Balaban J connectivity index is 1.40. The minimum absolute atomic E-state index is 0.0291. The maximum absolute atomic E-state index is 14.8. The lowest BCUT2D eigenvalue weighted by Crippen LogP contribution is -2.27. The molecule has 1 aromatic carbocycles. The van der Waals surface area contributed by atoms with Crippen LogP contribution in [0.25, 0.3) is 22.9 Å². The van der Waals surface area contributed by atoms with Crippen LogP contribution in [-0.2, 0) is 16.1 Å². The molecule has 4 heterocycles. The topological polar surface area (TPSA) is 99.2 Å². The number of anilines is 1. The Hall–Kier alpha value is -4.15. The summed E-state index contributed by atoms with van der Waals surface area (Å²) in [6.45, 7) is 6.65. The van der Waals surface area contributed by atoms with Crippen molar-refractivity contribution in [1.29, 1.82) is 0 Å². The van der Waals surface area contributed by atoms with Crippen molar-refractivity contribution in [3.63, 3.8) is 0 Å². The number of carbonyl (C=O) groups is 1. The molecular weight excluding hydrogens is 494 g/mol. The second-order valence-electron chi connectivity index (χ2n) is 10.3. The molecule has 0 aliphatic carbocycles. The van der Waals surface area contributed by atoms with Gasteiger partial charge in [-0.05, 0) is 45.2 Å². The largest absolute Gasteiger partial charge is 0.460 e. The van der Waals surface area contributed by atoms with E-state index in [-0.39, 0.29) is 42.3 Å². The number of aromatic nitrogens is 5. The van der Waals surface area contributed by atoms with Crippen LogP contribution in [0.4, 0.5) is 14.6 Å². The number of benzene rings is 1. The minimum atomic E-state index is -0.561. The Morgan fingerprint density at radius 3 is 2.71 bits per heavy atom. The van der Waals surface area contributed by atoms with Crippen LogP contribution < -0.4 is 4.90 Å². The monoisotopic (exact) mass is 522 g/mol. The van der Waals surface area contributed by atoms with E-state index in [0.29, 0.717) is 42.2 Å². The lowest BCUT2D eigenvalue weighted by atomic mass is 10.1. The van der Waals surface area contributed by atoms with E-state index in [0.717, 1.165) is 6.20 Å². The third kappa shape index (κ3) is 5.71. The van der Waals surface area contributed by atoms with Gasteiger partial charge >= 0.3 is 5.97 Å². The molecule has 4 aromatic rings. The van der Waals surface area contributed by atoms with Crippen molar-refractivity contribution < 1.29 is 22.8 Å². The first kappa shape index (κ1) is 25.5. The van der Waals surface area contributed by atoms with Crippen LogP contribution in [0.5, 0.6) is 0 Å². The molecule has 1 aliphatic rings. The summed E-state index contributed by atoms with van der Waals surface area (Å²) in [4.78, 5) is 22.7. The van der Waals surface area contributed by atoms with Crippen molar-refractivity contribution in [3.8, 4) is 22.9 Å². The van der Waals surface area contributed by atoms with Gasteiger partial charge in [-0.15, -0.1) is 0 Å². The van der Waals surface area contributed by atoms with E-state index < -0.39 is 11.4 Å². The van der Waals surface area contributed by atoms with E-state index in [4.69, 9.17) is 9.26 Å². The van der Waals surface area contributed by atoms with Crippen LogP contribution in [0.3, 0.4) is 0 Å². The number of hydrogen-bond acceptors (Lipinski definition) is 8.